The summed E-state index contributed by atoms with van der Waals surface area (Å²) in [5.74, 6) is -1.18. The molecule has 0 saturated heterocycles. The minimum absolute atomic E-state index is 0.263. The molecule has 0 fully saturated rings. The van der Waals surface area contributed by atoms with Gasteiger partial charge in [-0.15, -0.1) is 0 Å². The monoisotopic (exact) mass is 412 g/mol. The number of unbranched alkanes of at least 4 members (excludes halogenated alkanes) is 2. The van der Waals surface area contributed by atoms with Crippen molar-refractivity contribution in [1.82, 2.24) is 9.97 Å². The molecule has 0 N–H and O–H groups in total. The molecular formula is C23H32N4O3. The van der Waals surface area contributed by atoms with Gasteiger partial charge < -0.3 is 14.4 Å². The van der Waals surface area contributed by atoms with E-state index in [1.54, 1.807) is 14.0 Å². The Labute approximate surface area is 179 Å². The van der Waals surface area contributed by atoms with Crippen molar-refractivity contribution in [2.24, 2.45) is 0 Å². The Bertz CT molecular complexity index is 857. The summed E-state index contributed by atoms with van der Waals surface area (Å²) in [5.41, 5.74) is 1.75. The maximum atomic E-state index is 12.8. The van der Waals surface area contributed by atoms with E-state index in [0.717, 1.165) is 44.3 Å². The van der Waals surface area contributed by atoms with Crippen molar-refractivity contribution in [2.45, 2.75) is 58.5 Å². The molecule has 30 heavy (non-hydrogen) atoms. The van der Waals surface area contributed by atoms with Gasteiger partial charge in [-0.05, 0) is 31.9 Å². The normalized spacial score (nSPS) is 12.9. The third-order valence-corrected chi connectivity index (χ3v) is 4.80. The van der Waals surface area contributed by atoms with E-state index in [2.05, 4.69) is 24.8 Å². The average molecular weight is 413 g/mol. The van der Waals surface area contributed by atoms with E-state index in [9.17, 15) is 10.1 Å². The zero-order valence-electron chi connectivity index (χ0n) is 18.4. The number of rotatable bonds is 12. The number of methoxy groups -OCH3 is 1. The van der Waals surface area contributed by atoms with Gasteiger partial charge in [0, 0.05) is 20.2 Å². The van der Waals surface area contributed by atoms with Crippen molar-refractivity contribution in [3.63, 3.8) is 0 Å². The number of carbonyl (C=O) groups excluding carboxylic acids is 1. The summed E-state index contributed by atoms with van der Waals surface area (Å²) >= 11 is 0. The second-order valence-electron chi connectivity index (χ2n) is 7.38. The third-order valence-electron chi connectivity index (χ3n) is 4.80. The standard InChI is InChI=1S/C23H32N4O3/c1-5-7-13-27(14-8-6-2)22-21(25-19-11-9-10-12-20(19)26-22)18(15-24)23(28)30-17(3)16-29-4/h9-12,17-18H,5-8,13-14,16H2,1-4H3/t17-,18+/m1/s1. The van der Waals surface area contributed by atoms with Crippen LogP contribution in [0.3, 0.4) is 0 Å². The Morgan fingerprint density at radius 1 is 1.13 bits per heavy atom. The van der Waals surface area contributed by atoms with Gasteiger partial charge in [0.05, 0.1) is 23.7 Å². The molecule has 0 spiro atoms. The fourth-order valence-electron chi connectivity index (χ4n) is 3.21. The third kappa shape index (κ3) is 6.14. The molecule has 7 nitrogen and oxygen atoms in total. The molecule has 0 aliphatic rings. The molecular weight excluding hydrogens is 380 g/mol. The first kappa shape index (κ1) is 23.6. The summed E-state index contributed by atoms with van der Waals surface area (Å²) < 4.78 is 10.5. The first-order chi connectivity index (χ1) is 14.5. The maximum absolute atomic E-state index is 12.8. The molecule has 7 heteroatoms. The lowest BCUT2D eigenvalue weighted by Crippen LogP contribution is -2.31. The van der Waals surface area contributed by atoms with E-state index in [-0.39, 0.29) is 6.61 Å². The molecule has 0 radical (unpaired) electrons. The van der Waals surface area contributed by atoms with Crippen LogP contribution in [0.5, 0.6) is 0 Å². The lowest BCUT2D eigenvalue weighted by atomic mass is 10.1. The Balaban J connectivity index is 2.52. The Morgan fingerprint density at radius 3 is 2.27 bits per heavy atom. The zero-order chi connectivity index (χ0) is 21.9. The predicted molar refractivity (Wildman–Crippen MR) is 117 cm³/mol. The van der Waals surface area contributed by atoms with E-state index in [1.165, 1.54) is 0 Å². The highest BCUT2D eigenvalue weighted by atomic mass is 16.6. The summed E-state index contributed by atoms with van der Waals surface area (Å²) in [6, 6.07) is 9.60. The first-order valence-corrected chi connectivity index (χ1v) is 10.7. The molecule has 2 rings (SSSR count). The molecule has 0 aliphatic heterocycles. The van der Waals surface area contributed by atoms with Crippen molar-refractivity contribution in [3.8, 4) is 6.07 Å². The van der Waals surface area contributed by atoms with Crippen molar-refractivity contribution in [1.29, 1.82) is 5.26 Å². The van der Waals surface area contributed by atoms with Gasteiger partial charge in [0.1, 0.15) is 11.8 Å². The van der Waals surface area contributed by atoms with Crippen molar-refractivity contribution in [3.05, 3.63) is 30.0 Å². The highest BCUT2D eigenvalue weighted by Gasteiger charge is 2.31. The Kier molecular flexibility index (Phi) is 9.49. The molecule has 2 aromatic rings. The molecule has 1 aromatic carbocycles. The lowest BCUT2D eigenvalue weighted by Gasteiger charge is -2.27. The van der Waals surface area contributed by atoms with Crippen LogP contribution < -0.4 is 4.90 Å². The van der Waals surface area contributed by atoms with Gasteiger partial charge in [-0.1, -0.05) is 38.8 Å². The first-order valence-electron chi connectivity index (χ1n) is 10.7. The number of anilines is 1. The van der Waals surface area contributed by atoms with E-state index in [1.807, 2.05) is 24.3 Å². The topological polar surface area (TPSA) is 88.3 Å². The largest absolute Gasteiger partial charge is 0.459 e. The molecule has 0 aliphatic carbocycles. The number of carbonyl (C=O) groups is 1. The van der Waals surface area contributed by atoms with Crippen LogP contribution in [0.25, 0.3) is 11.0 Å². The summed E-state index contributed by atoms with van der Waals surface area (Å²) in [7, 11) is 1.54. The predicted octanol–water partition coefficient (Wildman–Crippen LogP) is 4.22. The smallest absolute Gasteiger partial charge is 0.330 e. The number of fused-ring (bicyclic) bond motifs is 1. The number of ether oxygens (including phenoxy) is 2. The lowest BCUT2D eigenvalue weighted by molar-refractivity contribution is -0.150. The number of hydrogen-bond acceptors (Lipinski definition) is 7. The summed E-state index contributed by atoms with van der Waals surface area (Å²) in [6.45, 7) is 7.86. The van der Waals surface area contributed by atoms with Crippen molar-refractivity contribution >= 4 is 22.8 Å². The van der Waals surface area contributed by atoms with Crippen LogP contribution in [0, 0.1) is 11.3 Å². The van der Waals surface area contributed by atoms with E-state index in [0.29, 0.717) is 17.0 Å². The summed E-state index contributed by atoms with van der Waals surface area (Å²) in [4.78, 5) is 24.5. The Hall–Kier alpha value is -2.72. The number of hydrogen-bond donors (Lipinski definition) is 0. The number of nitrogens with zero attached hydrogens (tertiary/aromatic N) is 4. The van der Waals surface area contributed by atoms with Crippen molar-refractivity contribution < 1.29 is 14.3 Å². The number of benzene rings is 1. The molecule has 0 amide bonds. The van der Waals surface area contributed by atoms with Crippen LogP contribution in [0.1, 0.15) is 58.1 Å². The van der Waals surface area contributed by atoms with Gasteiger partial charge >= 0.3 is 5.97 Å². The maximum Gasteiger partial charge on any atom is 0.330 e. The van der Waals surface area contributed by atoms with Gasteiger partial charge in [0.15, 0.2) is 11.7 Å². The van der Waals surface area contributed by atoms with Crippen LogP contribution in [0.15, 0.2) is 24.3 Å². The van der Waals surface area contributed by atoms with E-state index >= 15 is 0 Å². The van der Waals surface area contributed by atoms with Crippen LogP contribution in [-0.4, -0.2) is 48.8 Å². The minimum Gasteiger partial charge on any atom is -0.459 e. The average Bonchev–Trinajstić information content (AvgIpc) is 2.74. The minimum atomic E-state index is -1.15. The molecule has 1 aromatic heterocycles. The van der Waals surface area contributed by atoms with Gasteiger partial charge in [-0.3, -0.25) is 4.79 Å². The van der Waals surface area contributed by atoms with Gasteiger partial charge in [0.2, 0.25) is 0 Å². The molecule has 0 saturated carbocycles. The van der Waals surface area contributed by atoms with E-state index < -0.39 is 18.0 Å². The van der Waals surface area contributed by atoms with Crippen molar-refractivity contribution in [2.75, 3.05) is 31.7 Å². The van der Waals surface area contributed by atoms with Crippen LogP contribution in [0.2, 0.25) is 0 Å². The van der Waals surface area contributed by atoms with E-state index in [4.69, 9.17) is 19.4 Å². The summed E-state index contributed by atoms with van der Waals surface area (Å²) in [6.07, 6.45) is 3.61. The number of para-hydroxylation sites is 2. The fraction of sp³-hybridized carbons (Fsp3) is 0.565. The molecule has 0 unspecified atom stereocenters. The quantitative estimate of drug-likeness (QED) is 0.482. The number of esters is 1. The molecule has 0 bridgehead atoms. The summed E-state index contributed by atoms with van der Waals surface area (Å²) in [5, 5.41) is 9.85. The van der Waals surface area contributed by atoms with Gasteiger partial charge in [0.25, 0.3) is 0 Å². The Morgan fingerprint density at radius 2 is 1.73 bits per heavy atom. The highest BCUT2D eigenvalue weighted by Crippen LogP contribution is 2.29. The van der Waals surface area contributed by atoms with Gasteiger partial charge in [-0.25, -0.2) is 9.97 Å². The van der Waals surface area contributed by atoms with Crippen LogP contribution in [-0.2, 0) is 14.3 Å². The van der Waals surface area contributed by atoms with Gasteiger partial charge in [-0.2, -0.15) is 5.26 Å². The fourth-order valence-corrected chi connectivity index (χ4v) is 3.21. The highest BCUT2D eigenvalue weighted by molar-refractivity contribution is 5.85. The second kappa shape index (κ2) is 12.1. The SMILES string of the molecule is CCCCN(CCCC)c1nc2ccccc2nc1[C@H](C#N)C(=O)O[C@H](C)COC. The van der Waals surface area contributed by atoms with Crippen LogP contribution >= 0.6 is 0 Å². The molecule has 1 heterocycles. The zero-order valence-corrected chi connectivity index (χ0v) is 18.4. The molecule has 2 atom stereocenters. The number of aromatic nitrogens is 2. The van der Waals surface area contributed by atoms with Crippen LogP contribution in [0.4, 0.5) is 5.82 Å². The second-order valence-corrected chi connectivity index (χ2v) is 7.38. The molecule has 162 valence electrons. The number of nitriles is 1.